The zero-order valence-electron chi connectivity index (χ0n) is 11.6. The molecule has 1 atom stereocenters. The molecule has 0 fully saturated rings. The fourth-order valence-corrected chi connectivity index (χ4v) is 3.22. The minimum atomic E-state index is -3.77. The van der Waals surface area contributed by atoms with E-state index in [4.69, 9.17) is 0 Å². The average Bonchev–Trinajstić information content (AvgIpc) is 2.42. The first-order valence-corrected chi connectivity index (χ1v) is 7.82. The van der Waals surface area contributed by atoms with Gasteiger partial charge in [-0.15, -0.1) is 0 Å². The Morgan fingerprint density at radius 2 is 1.67 bits per heavy atom. The molecule has 21 heavy (non-hydrogen) atoms. The maximum absolute atomic E-state index is 13.2. The number of halogens is 2. The van der Waals surface area contributed by atoms with Crippen molar-refractivity contribution >= 4 is 10.0 Å². The van der Waals surface area contributed by atoms with Crippen LogP contribution in [0, 0.1) is 18.6 Å². The molecule has 0 saturated heterocycles. The Morgan fingerprint density at radius 1 is 1.05 bits per heavy atom. The van der Waals surface area contributed by atoms with Crippen molar-refractivity contribution in [3.05, 3.63) is 65.2 Å². The molecule has 0 amide bonds. The van der Waals surface area contributed by atoms with Crippen molar-refractivity contribution in [1.29, 1.82) is 0 Å². The van der Waals surface area contributed by atoms with Crippen LogP contribution >= 0.6 is 0 Å². The van der Waals surface area contributed by atoms with Crippen LogP contribution in [0.25, 0.3) is 0 Å². The SMILES string of the molecule is Cc1cc(S(=O)(=O)N[C@@H](C)c2ccc(F)cc2)ccc1F. The second-order valence-corrected chi connectivity index (χ2v) is 6.52. The van der Waals surface area contributed by atoms with Crippen LogP contribution in [0.4, 0.5) is 8.78 Å². The van der Waals surface area contributed by atoms with Gasteiger partial charge in [0.15, 0.2) is 0 Å². The van der Waals surface area contributed by atoms with Gasteiger partial charge in [-0.3, -0.25) is 0 Å². The summed E-state index contributed by atoms with van der Waals surface area (Å²) in [4.78, 5) is -0.00429. The lowest BCUT2D eigenvalue weighted by atomic mass is 10.1. The second-order valence-electron chi connectivity index (χ2n) is 4.81. The number of hydrogen-bond donors (Lipinski definition) is 1. The van der Waals surface area contributed by atoms with E-state index in [-0.39, 0.29) is 16.3 Å². The van der Waals surface area contributed by atoms with Crippen molar-refractivity contribution in [2.24, 2.45) is 0 Å². The first-order chi connectivity index (χ1) is 9.79. The maximum atomic E-state index is 13.2. The highest BCUT2D eigenvalue weighted by Gasteiger charge is 2.19. The molecule has 0 aliphatic rings. The van der Waals surface area contributed by atoms with Crippen LogP contribution < -0.4 is 4.72 Å². The predicted molar refractivity (Wildman–Crippen MR) is 76.3 cm³/mol. The van der Waals surface area contributed by atoms with Crippen LogP contribution in [-0.4, -0.2) is 8.42 Å². The van der Waals surface area contributed by atoms with E-state index in [2.05, 4.69) is 4.72 Å². The molecule has 0 saturated carbocycles. The summed E-state index contributed by atoms with van der Waals surface area (Å²) in [5.41, 5.74) is 0.895. The Bertz CT molecular complexity index is 743. The zero-order chi connectivity index (χ0) is 15.6. The molecule has 2 rings (SSSR count). The Morgan fingerprint density at radius 3 is 2.24 bits per heavy atom. The number of sulfonamides is 1. The molecular formula is C15H15F2NO2S. The van der Waals surface area contributed by atoms with Gasteiger partial charge in [-0.2, -0.15) is 0 Å². The van der Waals surface area contributed by atoms with E-state index in [0.29, 0.717) is 5.56 Å². The monoisotopic (exact) mass is 311 g/mol. The summed E-state index contributed by atoms with van der Waals surface area (Å²) in [6.07, 6.45) is 0. The standard InChI is InChI=1S/C15H15F2NO2S/c1-10-9-14(7-8-15(10)17)21(19,20)18-11(2)12-3-5-13(16)6-4-12/h3-9,11,18H,1-2H3/t11-/m0/s1. The van der Waals surface area contributed by atoms with Gasteiger partial charge in [-0.25, -0.2) is 21.9 Å². The van der Waals surface area contributed by atoms with Crippen LogP contribution in [0.15, 0.2) is 47.4 Å². The summed E-state index contributed by atoms with van der Waals surface area (Å²) in [6.45, 7) is 3.15. The second kappa shape index (κ2) is 5.91. The van der Waals surface area contributed by atoms with Crippen molar-refractivity contribution in [2.75, 3.05) is 0 Å². The van der Waals surface area contributed by atoms with E-state index >= 15 is 0 Å². The maximum Gasteiger partial charge on any atom is 0.241 e. The molecule has 0 aliphatic heterocycles. The number of benzene rings is 2. The molecule has 2 aromatic rings. The molecule has 0 bridgehead atoms. The Hall–Kier alpha value is -1.79. The molecule has 6 heteroatoms. The first kappa shape index (κ1) is 15.6. The third-order valence-electron chi connectivity index (χ3n) is 3.14. The summed E-state index contributed by atoms with van der Waals surface area (Å²) >= 11 is 0. The normalized spacial score (nSPS) is 13.1. The smallest absolute Gasteiger partial charge is 0.207 e. The molecule has 0 spiro atoms. The highest BCUT2D eigenvalue weighted by Crippen LogP contribution is 2.19. The van der Waals surface area contributed by atoms with E-state index < -0.39 is 21.9 Å². The van der Waals surface area contributed by atoms with E-state index in [1.54, 1.807) is 6.92 Å². The molecule has 3 nitrogen and oxygen atoms in total. The van der Waals surface area contributed by atoms with E-state index in [0.717, 1.165) is 6.07 Å². The molecule has 0 unspecified atom stereocenters. The predicted octanol–water partition coefficient (Wildman–Crippen LogP) is 3.31. The third-order valence-corrected chi connectivity index (χ3v) is 4.68. The highest BCUT2D eigenvalue weighted by atomic mass is 32.2. The zero-order valence-corrected chi connectivity index (χ0v) is 12.4. The Kier molecular flexibility index (Phi) is 4.39. The van der Waals surface area contributed by atoms with Gasteiger partial charge in [-0.1, -0.05) is 12.1 Å². The minimum absolute atomic E-state index is 0.00429. The first-order valence-electron chi connectivity index (χ1n) is 6.33. The van der Waals surface area contributed by atoms with Crippen molar-refractivity contribution in [1.82, 2.24) is 4.72 Å². The minimum Gasteiger partial charge on any atom is -0.207 e. The lowest BCUT2D eigenvalue weighted by molar-refractivity contribution is 0.565. The van der Waals surface area contributed by atoms with Crippen molar-refractivity contribution in [3.8, 4) is 0 Å². The van der Waals surface area contributed by atoms with Gasteiger partial charge in [-0.05, 0) is 55.3 Å². The molecule has 0 radical (unpaired) electrons. The van der Waals surface area contributed by atoms with Crippen LogP contribution in [-0.2, 0) is 10.0 Å². The molecule has 0 heterocycles. The van der Waals surface area contributed by atoms with Gasteiger partial charge in [0.25, 0.3) is 0 Å². The highest BCUT2D eigenvalue weighted by molar-refractivity contribution is 7.89. The summed E-state index contributed by atoms with van der Waals surface area (Å²) in [5, 5.41) is 0. The molecule has 1 N–H and O–H groups in total. The molecule has 2 aromatic carbocycles. The van der Waals surface area contributed by atoms with Crippen LogP contribution in [0.2, 0.25) is 0 Å². The summed E-state index contributed by atoms with van der Waals surface area (Å²) in [5.74, 6) is -0.844. The largest absolute Gasteiger partial charge is 0.241 e. The fourth-order valence-electron chi connectivity index (χ4n) is 1.90. The quantitative estimate of drug-likeness (QED) is 0.941. The average molecular weight is 311 g/mol. The van der Waals surface area contributed by atoms with Crippen LogP contribution in [0.5, 0.6) is 0 Å². The van der Waals surface area contributed by atoms with Crippen LogP contribution in [0.3, 0.4) is 0 Å². The summed E-state index contributed by atoms with van der Waals surface area (Å²) in [6, 6.07) is 8.63. The molecule has 0 aromatic heterocycles. The third kappa shape index (κ3) is 3.65. The van der Waals surface area contributed by atoms with Crippen molar-refractivity contribution in [2.45, 2.75) is 24.8 Å². The molecular weight excluding hydrogens is 296 g/mol. The topological polar surface area (TPSA) is 46.2 Å². The number of aryl methyl sites for hydroxylation is 1. The van der Waals surface area contributed by atoms with E-state index in [1.165, 1.54) is 43.3 Å². The molecule has 112 valence electrons. The van der Waals surface area contributed by atoms with E-state index in [1.807, 2.05) is 0 Å². The van der Waals surface area contributed by atoms with Gasteiger partial charge in [0.2, 0.25) is 10.0 Å². The van der Waals surface area contributed by atoms with Gasteiger partial charge >= 0.3 is 0 Å². The van der Waals surface area contributed by atoms with Gasteiger partial charge < -0.3 is 0 Å². The number of hydrogen-bond acceptors (Lipinski definition) is 2. The van der Waals surface area contributed by atoms with Gasteiger partial charge in [0.05, 0.1) is 4.90 Å². The van der Waals surface area contributed by atoms with Gasteiger partial charge in [0.1, 0.15) is 11.6 Å². The van der Waals surface area contributed by atoms with Crippen molar-refractivity contribution < 1.29 is 17.2 Å². The fraction of sp³-hybridized carbons (Fsp3) is 0.200. The van der Waals surface area contributed by atoms with E-state index in [9.17, 15) is 17.2 Å². The Labute approximate surface area is 122 Å². The van der Waals surface area contributed by atoms with Gasteiger partial charge in [0, 0.05) is 6.04 Å². The Balaban J connectivity index is 2.24. The number of nitrogens with one attached hydrogen (secondary N) is 1. The number of rotatable bonds is 4. The van der Waals surface area contributed by atoms with Crippen molar-refractivity contribution in [3.63, 3.8) is 0 Å². The summed E-state index contributed by atoms with van der Waals surface area (Å²) < 4.78 is 53.0. The lowest BCUT2D eigenvalue weighted by Crippen LogP contribution is -2.27. The lowest BCUT2D eigenvalue weighted by Gasteiger charge is -2.15. The molecule has 0 aliphatic carbocycles. The summed E-state index contributed by atoms with van der Waals surface area (Å²) in [7, 11) is -3.77. The van der Waals surface area contributed by atoms with Crippen LogP contribution in [0.1, 0.15) is 24.1 Å².